The third-order valence-electron chi connectivity index (χ3n) is 4.72. The summed E-state index contributed by atoms with van der Waals surface area (Å²) in [7, 11) is 0. The monoisotopic (exact) mass is 455 g/mol. The van der Waals surface area contributed by atoms with E-state index in [-0.39, 0.29) is 17.6 Å². The zero-order valence-corrected chi connectivity index (χ0v) is 19.1. The summed E-state index contributed by atoms with van der Waals surface area (Å²) in [5.74, 6) is -0.328. The SMILES string of the molecule is CC(=O)NCCCc1ccc(-c2csc(NC(=O)C(C)(C)Oc3ccc(F)cc3)n2)cc1. The van der Waals surface area contributed by atoms with Gasteiger partial charge in [-0.25, -0.2) is 9.37 Å². The third-order valence-corrected chi connectivity index (χ3v) is 5.48. The maximum Gasteiger partial charge on any atom is 0.269 e. The Kier molecular flexibility index (Phi) is 7.58. The fourth-order valence-electron chi connectivity index (χ4n) is 2.95. The molecule has 0 aliphatic carbocycles. The molecule has 6 nitrogen and oxygen atoms in total. The van der Waals surface area contributed by atoms with Crippen LogP contribution in [0.2, 0.25) is 0 Å². The number of carbonyl (C=O) groups excluding carboxylic acids is 2. The normalized spacial score (nSPS) is 11.1. The molecule has 0 aliphatic heterocycles. The molecule has 3 aromatic rings. The van der Waals surface area contributed by atoms with E-state index >= 15 is 0 Å². The maximum absolute atomic E-state index is 13.1. The molecular weight excluding hydrogens is 429 g/mol. The van der Waals surface area contributed by atoms with Crippen LogP contribution in [0.3, 0.4) is 0 Å². The van der Waals surface area contributed by atoms with Gasteiger partial charge in [0, 0.05) is 24.4 Å². The van der Waals surface area contributed by atoms with Gasteiger partial charge in [0.25, 0.3) is 5.91 Å². The van der Waals surface area contributed by atoms with Crippen molar-refractivity contribution in [2.75, 3.05) is 11.9 Å². The lowest BCUT2D eigenvalue weighted by molar-refractivity contribution is -0.128. The molecule has 0 atom stereocenters. The van der Waals surface area contributed by atoms with Gasteiger partial charge in [0.05, 0.1) is 5.69 Å². The summed E-state index contributed by atoms with van der Waals surface area (Å²) in [4.78, 5) is 28.1. The maximum atomic E-state index is 13.1. The van der Waals surface area contributed by atoms with Crippen LogP contribution in [-0.2, 0) is 16.0 Å². The van der Waals surface area contributed by atoms with Crippen molar-refractivity contribution in [2.24, 2.45) is 0 Å². The zero-order chi connectivity index (χ0) is 23.1. The van der Waals surface area contributed by atoms with Gasteiger partial charge < -0.3 is 10.1 Å². The van der Waals surface area contributed by atoms with E-state index < -0.39 is 5.60 Å². The number of anilines is 1. The molecule has 3 rings (SSSR count). The summed E-state index contributed by atoms with van der Waals surface area (Å²) in [5, 5.41) is 7.94. The Balaban J connectivity index is 1.57. The summed E-state index contributed by atoms with van der Waals surface area (Å²) in [6.45, 7) is 5.46. The minimum absolute atomic E-state index is 0.0165. The Morgan fingerprint density at radius 1 is 1.09 bits per heavy atom. The number of nitrogens with one attached hydrogen (secondary N) is 2. The van der Waals surface area contributed by atoms with Crippen LogP contribution in [0.4, 0.5) is 9.52 Å². The quantitative estimate of drug-likeness (QED) is 0.454. The molecule has 1 aromatic heterocycles. The highest BCUT2D eigenvalue weighted by Crippen LogP contribution is 2.27. The van der Waals surface area contributed by atoms with Crippen molar-refractivity contribution < 1.29 is 18.7 Å². The topological polar surface area (TPSA) is 80.3 Å². The third kappa shape index (κ3) is 6.62. The van der Waals surface area contributed by atoms with Gasteiger partial charge in [0.2, 0.25) is 5.91 Å². The van der Waals surface area contributed by atoms with Crippen molar-refractivity contribution in [3.8, 4) is 17.0 Å². The van der Waals surface area contributed by atoms with Crippen LogP contribution in [0.5, 0.6) is 5.75 Å². The van der Waals surface area contributed by atoms with Gasteiger partial charge in [0.1, 0.15) is 11.6 Å². The highest BCUT2D eigenvalue weighted by Gasteiger charge is 2.30. The number of rotatable bonds is 9. The van der Waals surface area contributed by atoms with Crippen LogP contribution in [0, 0.1) is 5.82 Å². The Labute approximate surface area is 190 Å². The van der Waals surface area contributed by atoms with E-state index in [2.05, 4.69) is 15.6 Å². The number of hydrogen-bond acceptors (Lipinski definition) is 5. The minimum Gasteiger partial charge on any atom is -0.478 e. The molecule has 0 bridgehead atoms. The number of amides is 2. The predicted molar refractivity (Wildman–Crippen MR) is 124 cm³/mol. The van der Waals surface area contributed by atoms with E-state index in [9.17, 15) is 14.0 Å². The van der Waals surface area contributed by atoms with Crippen molar-refractivity contribution in [1.82, 2.24) is 10.3 Å². The Morgan fingerprint density at radius 2 is 1.78 bits per heavy atom. The molecule has 168 valence electrons. The summed E-state index contributed by atoms with van der Waals surface area (Å²) >= 11 is 1.33. The van der Waals surface area contributed by atoms with E-state index in [1.54, 1.807) is 13.8 Å². The van der Waals surface area contributed by atoms with Crippen LogP contribution in [0.1, 0.15) is 32.8 Å². The highest BCUT2D eigenvalue weighted by molar-refractivity contribution is 7.14. The van der Waals surface area contributed by atoms with Gasteiger partial charge in [-0.2, -0.15) is 0 Å². The van der Waals surface area contributed by atoms with Crippen LogP contribution >= 0.6 is 11.3 Å². The van der Waals surface area contributed by atoms with E-state index in [1.165, 1.54) is 48.1 Å². The fraction of sp³-hybridized carbons (Fsp3) is 0.292. The number of benzene rings is 2. The number of aromatic nitrogens is 1. The van der Waals surface area contributed by atoms with Crippen molar-refractivity contribution in [3.05, 3.63) is 65.3 Å². The first kappa shape index (κ1) is 23.4. The number of aryl methyl sites for hydroxylation is 1. The molecule has 0 unspecified atom stereocenters. The van der Waals surface area contributed by atoms with E-state index in [0.29, 0.717) is 17.4 Å². The minimum atomic E-state index is -1.16. The molecule has 2 aromatic carbocycles. The van der Waals surface area contributed by atoms with E-state index in [0.717, 1.165) is 24.1 Å². The number of ether oxygens (including phenoxy) is 1. The summed E-state index contributed by atoms with van der Waals surface area (Å²) in [5.41, 5.74) is 1.74. The van der Waals surface area contributed by atoms with Crippen LogP contribution in [0.15, 0.2) is 53.9 Å². The van der Waals surface area contributed by atoms with Gasteiger partial charge in [-0.1, -0.05) is 24.3 Å². The van der Waals surface area contributed by atoms with Crippen LogP contribution in [0.25, 0.3) is 11.3 Å². The van der Waals surface area contributed by atoms with Gasteiger partial charge in [-0.15, -0.1) is 11.3 Å². The molecule has 2 N–H and O–H groups in total. The summed E-state index contributed by atoms with van der Waals surface area (Å²) in [6, 6.07) is 13.6. The molecule has 2 amide bonds. The second-order valence-corrected chi connectivity index (χ2v) is 8.70. The number of carbonyl (C=O) groups is 2. The van der Waals surface area contributed by atoms with Gasteiger partial charge in [-0.05, 0) is 56.5 Å². The summed E-state index contributed by atoms with van der Waals surface area (Å²) in [6.07, 6.45) is 1.75. The second kappa shape index (κ2) is 10.4. The fourth-order valence-corrected chi connectivity index (χ4v) is 3.67. The molecule has 0 aliphatic rings. The van der Waals surface area contributed by atoms with E-state index in [1.807, 2.05) is 29.6 Å². The average Bonchev–Trinajstić information content (AvgIpc) is 3.21. The number of thiazole rings is 1. The first-order chi connectivity index (χ1) is 15.2. The van der Waals surface area contributed by atoms with E-state index in [4.69, 9.17) is 4.74 Å². The van der Waals surface area contributed by atoms with Gasteiger partial charge in [0.15, 0.2) is 10.7 Å². The molecule has 0 saturated carbocycles. The van der Waals surface area contributed by atoms with Crippen LogP contribution < -0.4 is 15.4 Å². The van der Waals surface area contributed by atoms with Gasteiger partial charge >= 0.3 is 0 Å². The molecule has 0 radical (unpaired) electrons. The molecular formula is C24H26FN3O3S. The lowest BCUT2D eigenvalue weighted by Gasteiger charge is -2.24. The lowest BCUT2D eigenvalue weighted by Crippen LogP contribution is -2.42. The summed E-state index contributed by atoms with van der Waals surface area (Å²) < 4.78 is 18.8. The van der Waals surface area contributed by atoms with Crippen LogP contribution in [-0.4, -0.2) is 28.9 Å². The van der Waals surface area contributed by atoms with Crippen molar-refractivity contribution in [3.63, 3.8) is 0 Å². The van der Waals surface area contributed by atoms with Crippen molar-refractivity contribution in [2.45, 2.75) is 39.2 Å². The second-order valence-electron chi connectivity index (χ2n) is 7.84. The molecule has 1 heterocycles. The molecule has 32 heavy (non-hydrogen) atoms. The van der Waals surface area contributed by atoms with Crippen molar-refractivity contribution in [1.29, 1.82) is 0 Å². The first-order valence-corrected chi connectivity index (χ1v) is 11.2. The molecule has 8 heteroatoms. The zero-order valence-electron chi connectivity index (χ0n) is 18.3. The Morgan fingerprint density at radius 3 is 2.44 bits per heavy atom. The number of halogens is 1. The average molecular weight is 456 g/mol. The van der Waals surface area contributed by atoms with Crippen molar-refractivity contribution >= 4 is 28.3 Å². The number of nitrogens with zero attached hydrogens (tertiary/aromatic N) is 1. The standard InChI is InChI=1S/C24H26FN3O3S/c1-16(29)26-14-4-5-17-6-8-18(9-7-17)21-15-32-23(27-21)28-22(30)24(2,3)31-20-12-10-19(25)11-13-20/h6-13,15H,4-5,14H2,1-3H3,(H,26,29)(H,27,28,30). The van der Waals surface area contributed by atoms with Gasteiger partial charge in [-0.3, -0.25) is 14.9 Å². The first-order valence-electron chi connectivity index (χ1n) is 10.3. The molecule has 0 saturated heterocycles. The largest absolute Gasteiger partial charge is 0.478 e. The lowest BCUT2D eigenvalue weighted by atomic mass is 10.1. The molecule has 0 fully saturated rings. The smallest absolute Gasteiger partial charge is 0.269 e. The Bertz CT molecular complexity index is 1060. The predicted octanol–water partition coefficient (Wildman–Crippen LogP) is 4.81. The number of hydrogen-bond donors (Lipinski definition) is 2. The Hall–Kier alpha value is -3.26. The molecule has 0 spiro atoms. The highest BCUT2D eigenvalue weighted by atomic mass is 32.1.